The predicted molar refractivity (Wildman–Crippen MR) is 120 cm³/mol. The van der Waals surface area contributed by atoms with E-state index in [9.17, 15) is 0 Å². The fourth-order valence-electron chi connectivity index (χ4n) is 2.89. The molecule has 1 aliphatic heterocycles. The van der Waals surface area contributed by atoms with E-state index < -0.39 is 0 Å². The van der Waals surface area contributed by atoms with Gasteiger partial charge in [0.1, 0.15) is 5.82 Å². The van der Waals surface area contributed by atoms with Gasteiger partial charge in [-0.05, 0) is 17.7 Å². The zero-order valence-corrected chi connectivity index (χ0v) is 18.7. The Kier molecular flexibility index (Phi) is 8.24. The Morgan fingerprint density at radius 3 is 2.74 bits per heavy atom. The molecule has 0 saturated carbocycles. The molecule has 1 aliphatic rings. The molecule has 2 aromatic rings. The van der Waals surface area contributed by atoms with E-state index in [-0.39, 0.29) is 24.0 Å². The monoisotopic (exact) mass is 497 g/mol. The quantitative estimate of drug-likeness (QED) is 0.397. The van der Waals surface area contributed by atoms with Crippen LogP contribution in [0.4, 0.5) is 5.13 Å². The van der Waals surface area contributed by atoms with Gasteiger partial charge < -0.3 is 15.1 Å². The van der Waals surface area contributed by atoms with Gasteiger partial charge in [-0.3, -0.25) is 4.99 Å². The van der Waals surface area contributed by atoms with Crippen molar-refractivity contribution in [2.45, 2.75) is 19.9 Å². The van der Waals surface area contributed by atoms with E-state index in [4.69, 9.17) is 5.26 Å². The van der Waals surface area contributed by atoms with Crippen LogP contribution in [0.2, 0.25) is 0 Å². The average Bonchev–Trinajstić information content (AvgIpc) is 3.18. The molecule has 9 heteroatoms. The third kappa shape index (κ3) is 5.52. The lowest BCUT2D eigenvalue weighted by Gasteiger charge is -2.36. The molecule has 0 atom stereocenters. The van der Waals surface area contributed by atoms with Crippen LogP contribution >= 0.6 is 35.5 Å². The van der Waals surface area contributed by atoms with E-state index in [0.717, 1.165) is 55.1 Å². The summed E-state index contributed by atoms with van der Waals surface area (Å²) in [6.45, 7) is 6.31. The van der Waals surface area contributed by atoms with Crippen LogP contribution < -0.4 is 10.2 Å². The molecule has 0 bridgehead atoms. The lowest BCUT2D eigenvalue weighted by Crippen LogP contribution is -2.52. The van der Waals surface area contributed by atoms with Gasteiger partial charge in [0.25, 0.3) is 0 Å². The number of aliphatic imine (C=N–C) groups is 1. The predicted octanol–water partition coefficient (Wildman–Crippen LogP) is 2.49. The molecule has 0 spiro atoms. The number of anilines is 1. The number of nitrogens with one attached hydrogen (secondary N) is 1. The molecule has 1 saturated heterocycles. The van der Waals surface area contributed by atoms with E-state index in [2.05, 4.69) is 42.5 Å². The van der Waals surface area contributed by atoms with Crippen LogP contribution in [0.1, 0.15) is 23.9 Å². The molecule has 7 nitrogen and oxygen atoms in total. The minimum absolute atomic E-state index is 0. The van der Waals surface area contributed by atoms with Gasteiger partial charge >= 0.3 is 0 Å². The fraction of sp³-hybridized carbons (Fsp3) is 0.444. The van der Waals surface area contributed by atoms with Crippen LogP contribution in [-0.2, 0) is 13.0 Å². The molecule has 3 rings (SSSR count). The largest absolute Gasteiger partial charge is 0.352 e. The lowest BCUT2D eigenvalue weighted by molar-refractivity contribution is 0.372. The second kappa shape index (κ2) is 10.4. The number of nitrogens with zero attached hydrogens (tertiary/aromatic N) is 6. The molecule has 1 aromatic heterocycles. The first-order valence-electron chi connectivity index (χ1n) is 8.75. The van der Waals surface area contributed by atoms with Crippen molar-refractivity contribution in [1.29, 1.82) is 5.26 Å². The van der Waals surface area contributed by atoms with Gasteiger partial charge in [-0.25, -0.2) is 4.98 Å². The van der Waals surface area contributed by atoms with E-state index in [1.165, 1.54) is 11.5 Å². The second-order valence-electron chi connectivity index (χ2n) is 6.03. The Balaban J connectivity index is 0.00000261. The molecule has 0 unspecified atom stereocenters. The third-order valence-corrected chi connectivity index (χ3v) is 5.16. The van der Waals surface area contributed by atoms with Crippen molar-refractivity contribution in [2.24, 2.45) is 4.99 Å². The van der Waals surface area contributed by atoms with E-state index in [0.29, 0.717) is 12.1 Å². The number of rotatable bonds is 4. The molecular formula is C18H24IN7S. The molecule has 0 radical (unpaired) electrons. The summed E-state index contributed by atoms with van der Waals surface area (Å²) in [7, 11) is 1.80. The Hall–Kier alpha value is -1.93. The van der Waals surface area contributed by atoms with Gasteiger partial charge in [0.15, 0.2) is 5.96 Å². The topological polar surface area (TPSA) is 80.4 Å². The molecular weight excluding hydrogens is 473 g/mol. The number of aromatic nitrogens is 2. The van der Waals surface area contributed by atoms with Gasteiger partial charge in [-0.1, -0.05) is 19.1 Å². The Labute approximate surface area is 181 Å². The summed E-state index contributed by atoms with van der Waals surface area (Å²) in [5, 5.41) is 13.4. The highest BCUT2D eigenvalue weighted by Gasteiger charge is 2.21. The summed E-state index contributed by atoms with van der Waals surface area (Å²) in [5.74, 6) is 1.81. The summed E-state index contributed by atoms with van der Waals surface area (Å²) in [5.41, 5.74) is 1.75. The van der Waals surface area contributed by atoms with E-state index in [1.807, 2.05) is 24.3 Å². The zero-order valence-electron chi connectivity index (χ0n) is 15.6. The second-order valence-corrected chi connectivity index (χ2v) is 6.76. The number of hydrogen-bond acceptors (Lipinski definition) is 6. The molecule has 1 fully saturated rings. The number of piperazine rings is 1. The van der Waals surface area contributed by atoms with Gasteiger partial charge in [0, 0.05) is 57.7 Å². The maximum Gasteiger partial charge on any atom is 0.205 e. The van der Waals surface area contributed by atoms with Gasteiger partial charge in [-0.2, -0.15) is 9.64 Å². The van der Waals surface area contributed by atoms with E-state index in [1.54, 1.807) is 7.05 Å². The first kappa shape index (κ1) is 21.4. The summed E-state index contributed by atoms with van der Waals surface area (Å²) in [6.07, 6.45) is 0.875. The van der Waals surface area contributed by atoms with Crippen molar-refractivity contribution < 1.29 is 0 Å². The lowest BCUT2D eigenvalue weighted by atomic mass is 10.1. The van der Waals surface area contributed by atoms with Crippen molar-refractivity contribution in [2.75, 3.05) is 38.1 Å². The minimum Gasteiger partial charge on any atom is -0.352 e. The number of hydrogen-bond donors (Lipinski definition) is 1. The number of nitriles is 1. The van der Waals surface area contributed by atoms with Crippen LogP contribution in [-0.4, -0.2) is 53.4 Å². The molecule has 2 heterocycles. The zero-order chi connectivity index (χ0) is 18.4. The van der Waals surface area contributed by atoms with Crippen molar-refractivity contribution in [1.82, 2.24) is 19.6 Å². The van der Waals surface area contributed by atoms with Crippen LogP contribution in [0.25, 0.3) is 0 Å². The standard InChI is InChI=1S/C18H23N7S.HI/c1-3-16-22-18(26-23-16)25-9-7-24(8-10-25)17(20-2)21-13-15-6-4-5-14(11-15)12-19;/h4-6,11H,3,7-10,13H2,1-2H3,(H,20,21);1H. The third-order valence-electron chi connectivity index (χ3n) is 4.34. The first-order chi connectivity index (χ1) is 12.7. The molecule has 0 aliphatic carbocycles. The number of aryl methyl sites for hydroxylation is 1. The fourth-order valence-corrected chi connectivity index (χ4v) is 3.69. The summed E-state index contributed by atoms with van der Waals surface area (Å²) < 4.78 is 4.37. The normalized spacial score (nSPS) is 14.5. The molecule has 1 aromatic carbocycles. The minimum atomic E-state index is 0. The summed E-state index contributed by atoms with van der Waals surface area (Å²) >= 11 is 1.48. The number of halogens is 1. The van der Waals surface area contributed by atoms with Crippen molar-refractivity contribution >= 4 is 46.6 Å². The Morgan fingerprint density at radius 1 is 1.33 bits per heavy atom. The highest BCUT2D eigenvalue weighted by atomic mass is 127. The number of guanidine groups is 1. The highest BCUT2D eigenvalue weighted by molar-refractivity contribution is 14.0. The van der Waals surface area contributed by atoms with Gasteiger partial charge in [-0.15, -0.1) is 24.0 Å². The SMILES string of the molecule is CCc1nsc(N2CCN(C(=NC)NCc3cccc(C#N)c3)CC2)n1.I. The average molecular weight is 497 g/mol. The molecule has 1 N–H and O–H groups in total. The van der Waals surface area contributed by atoms with E-state index >= 15 is 0 Å². The van der Waals surface area contributed by atoms with Crippen molar-refractivity contribution in [3.05, 3.63) is 41.2 Å². The number of benzene rings is 1. The van der Waals surface area contributed by atoms with Crippen LogP contribution in [0.15, 0.2) is 29.3 Å². The van der Waals surface area contributed by atoms with Crippen molar-refractivity contribution in [3.63, 3.8) is 0 Å². The van der Waals surface area contributed by atoms with Crippen LogP contribution in [0.5, 0.6) is 0 Å². The van der Waals surface area contributed by atoms with Gasteiger partial charge in [0.05, 0.1) is 11.6 Å². The molecule has 27 heavy (non-hydrogen) atoms. The van der Waals surface area contributed by atoms with Gasteiger partial charge in [0.2, 0.25) is 5.13 Å². The molecule has 0 amide bonds. The first-order valence-corrected chi connectivity index (χ1v) is 9.53. The summed E-state index contributed by atoms with van der Waals surface area (Å²) in [6, 6.07) is 9.81. The Morgan fingerprint density at radius 2 is 2.11 bits per heavy atom. The summed E-state index contributed by atoms with van der Waals surface area (Å²) in [4.78, 5) is 13.5. The Bertz CT molecular complexity index is 806. The van der Waals surface area contributed by atoms with Crippen LogP contribution in [0.3, 0.4) is 0 Å². The van der Waals surface area contributed by atoms with Crippen molar-refractivity contribution in [3.8, 4) is 6.07 Å². The van der Waals surface area contributed by atoms with Crippen LogP contribution in [0, 0.1) is 11.3 Å². The highest BCUT2D eigenvalue weighted by Crippen LogP contribution is 2.19. The maximum absolute atomic E-state index is 9.01. The maximum atomic E-state index is 9.01. The molecule has 144 valence electrons. The smallest absolute Gasteiger partial charge is 0.205 e.